The third-order valence-corrected chi connectivity index (χ3v) is 1.40. The van der Waals surface area contributed by atoms with Crippen LogP contribution in [0.5, 0.6) is 0 Å². The normalized spacial score (nSPS) is 13.9. The minimum atomic E-state index is 0.500. The first-order valence-corrected chi connectivity index (χ1v) is 3.37. The highest BCUT2D eigenvalue weighted by Crippen LogP contribution is 2.03. The van der Waals surface area contributed by atoms with E-state index in [1.54, 1.807) is 7.11 Å². The van der Waals surface area contributed by atoms with Gasteiger partial charge in [0.15, 0.2) is 0 Å². The first kappa shape index (κ1) is 7.96. The summed E-state index contributed by atoms with van der Waals surface area (Å²) in [5.74, 6) is 0. The molecule has 8 heavy (non-hydrogen) atoms. The predicted octanol–water partition coefficient (Wildman–Crippen LogP) is 2.21. The topological polar surface area (TPSA) is 9.23 Å². The van der Waals surface area contributed by atoms with E-state index >= 15 is 0 Å². The fraction of sp³-hybridized carbons (Fsp3) is 1.00. The lowest BCUT2D eigenvalue weighted by molar-refractivity contribution is 0.0915. The lowest BCUT2D eigenvalue weighted by Gasteiger charge is -2.09. The van der Waals surface area contributed by atoms with Crippen molar-refractivity contribution in [1.82, 2.24) is 0 Å². The molecule has 0 rings (SSSR count). The Morgan fingerprint density at radius 1 is 1.38 bits per heavy atom. The summed E-state index contributed by atoms with van der Waals surface area (Å²) in [7, 11) is 1.78. The standard InChI is InChI=1S/C7H16O/c1-4-6-7(5-2)8-3/h7H,4-6H2,1-3H3. The number of rotatable bonds is 4. The monoisotopic (exact) mass is 116 g/mol. The molecule has 0 aromatic rings. The van der Waals surface area contributed by atoms with Gasteiger partial charge >= 0.3 is 0 Å². The van der Waals surface area contributed by atoms with Gasteiger partial charge < -0.3 is 4.74 Å². The zero-order valence-electron chi connectivity index (χ0n) is 6.11. The molecule has 1 heteroatoms. The van der Waals surface area contributed by atoms with E-state index in [4.69, 9.17) is 4.74 Å². The highest BCUT2D eigenvalue weighted by atomic mass is 16.5. The number of hydrogen-bond acceptors (Lipinski definition) is 1. The van der Waals surface area contributed by atoms with E-state index in [2.05, 4.69) is 13.8 Å². The Labute approximate surface area is 52.0 Å². The molecule has 0 radical (unpaired) electrons. The van der Waals surface area contributed by atoms with Crippen LogP contribution in [0.3, 0.4) is 0 Å². The molecule has 0 amide bonds. The zero-order chi connectivity index (χ0) is 6.41. The van der Waals surface area contributed by atoms with Crippen molar-refractivity contribution in [2.45, 2.75) is 39.2 Å². The summed E-state index contributed by atoms with van der Waals surface area (Å²) in [4.78, 5) is 0. The van der Waals surface area contributed by atoms with Gasteiger partial charge in [-0.25, -0.2) is 0 Å². The van der Waals surface area contributed by atoms with Crippen molar-refractivity contribution in [3.8, 4) is 0 Å². The van der Waals surface area contributed by atoms with Gasteiger partial charge in [0.05, 0.1) is 6.10 Å². The molecule has 1 nitrogen and oxygen atoms in total. The van der Waals surface area contributed by atoms with Crippen LogP contribution in [0.15, 0.2) is 0 Å². The van der Waals surface area contributed by atoms with Crippen LogP contribution >= 0.6 is 0 Å². The summed E-state index contributed by atoms with van der Waals surface area (Å²) < 4.78 is 5.14. The van der Waals surface area contributed by atoms with Crippen molar-refractivity contribution in [2.75, 3.05) is 7.11 Å². The van der Waals surface area contributed by atoms with Gasteiger partial charge in [0, 0.05) is 7.11 Å². The van der Waals surface area contributed by atoms with Crippen LogP contribution in [0, 0.1) is 0 Å². The Morgan fingerprint density at radius 3 is 2.12 bits per heavy atom. The molecule has 0 aliphatic heterocycles. The average molecular weight is 116 g/mol. The SMILES string of the molecule is CCCC(CC)OC. The summed E-state index contributed by atoms with van der Waals surface area (Å²) in [6, 6.07) is 0. The van der Waals surface area contributed by atoms with Gasteiger partial charge in [-0.15, -0.1) is 0 Å². The number of methoxy groups -OCH3 is 1. The Hall–Kier alpha value is -0.0400. The number of hydrogen-bond donors (Lipinski definition) is 0. The van der Waals surface area contributed by atoms with Crippen LogP contribution in [0.4, 0.5) is 0 Å². The first-order valence-electron chi connectivity index (χ1n) is 3.37. The molecule has 1 unspecified atom stereocenters. The van der Waals surface area contributed by atoms with Crippen molar-refractivity contribution < 1.29 is 4.74 Å². The van der Waals surface area contributed by atoms with Gasteiger partial charge in [0.2, 0.25) is 0 Å². The van der Waals surface area contributed by atoms with Crippen LogP contribution in [-0.2, 0) is 4.74 Å². The van der Waals surface area contributed by atoms with Gasteiger partial charge in [-0.2, -0.15) is 0 Å². The quantitative estimate of drug-likeness (QED) is 0.547. The number of ether oxygens (including phenoxy) is 1. The molecular weight excluding hydrogens is 100 g/mol. The maximum absolute atomic E-state index is 5.14. The molecule has 0 aliphatic rings. The molecule has 0 fully saturated rings. The van der Waals surface area contributed by atoms with Gasteiger partial charge in [-0.05, 0) is 12.8 Å². The molecule has 0 spiro atoms. The molecule has 1 atom stereocenters. The van der Waals surface area contributed by atoms with E-state index in [1.165, 1.54) is 12.8 Å². The molecule has 0 bridgehead atoms. The molecule has 0 aliphatic carbocycles. The summed E-state index contributed by atoms with van der Waals surface area (Å²) in [6.07, 6.45) is 4.07. The summed E-state index contributed by atoms with van der Waals surface area (Å²) in [5.41, 5.74) is 0. The Kier molecular flexibility index (Phi) is 5.08. The molecule has 0 saturated carbocycles. The third kappa shape index (κ3) is 3.03. The summed E-state index contributed by atoms with van der Waals surface area (Å²) in [5, 5.41) is 0. The highest BCUT2D eigenvalue weighted by Gasteiger charge is 1.99. The van der Waals surface area contributed by atoms with Gasteiger partial charge in [0.1, 0.15) is 0 Å². The van der Waals surface area contributed by atoms with Crippen LogP contribution in [0.2, 0.25) is 0 Å². The molecule has 0 N–H and O–H groups in total. The molecule has 50 valence electrons. The molecular formula is C7H16O. The zero-order valence-corrected chi connectivity index (χ0v) is 6.11. The lowest BCUT2D eigenvalue weighted by atomic mass is 10.2. The second kappa shape index (κ2) is 5.10. The van der Waals surface area contributed by atoms with Crippen LogP contribution in [-0.4, -0.2) is 13.2 Å². The molecule has 0 saturated heterocycles. The van der Waals surface area contributed by atoms with E-state index < -0.39 is 0 Å². The Bertz CT molecular complexity index is 39.7. The van der Waals surface area contributed by atoms with Gasteiger partial charge in [-0.3, -0.25) is 0 Å². The Balaban J connectivity index is 3.07. The molecule has 0 heterocycles. The minimum Gasteiger partial charge on any atom is -0.381 e. The fourth-order valence-electron chi connectivity index (χ4n) is 0.811. The minimum absolute atomic E-state index is 0.500. The average Bonchev–Trinajstić information content (AvgIpc) is 1.83. The maximum Gasteiger partial charge on any atom is 0.0568 e. The van der Waals surface area contributed by atoms with Crippen LogP contribution < -0.4 is 0 Å². The fourth-order valence-corrected chi connectivity index (χ4v) is 0.811. The van der Waals surface area contributed by atoms with E-state index in [9.17, 15) is 0 Å². The highest BCUT2D eigenvalue weighted by molar-refractivity contribution is 4.50. The predicted molar refractivity (Wildman–Crippen MR) is 36.0 cm³/mol. The second-order valence-corrected chi connectivity index (χ2v) is 2.05. The van der Waals surface area contributed by atoms with Crippen molar-refractivity contribution in [3.63, 3.8) is 0 Å². The molecule has 0 aromatic carbocycles. The van der Waals surface area contributed by atoms with E-state index in [0.29, 0.717) is 6.10 Å². The summed E-state index contributed by atoms with van der Waals surface area (Å²) in [6.45, 7) is 4.34. The largest absolute Gasteiger partial charge is 0.381 e. The van der Waals surface area contributed by atoms with Gasteiger partial charge in [-0.1, -0.05) is 20.3 Å². The van der Waals surface area contributed by atoms with E-state index in [-0.39, 0.29) is 0 Å². The Morgan fingerprint density at radius 2 is 2.00 bits per heavy atom. The maximum atomic E-state index is 5.14. The lowest BCUT2D eigenvalue weighted by Crippen LogP contribution is -2.07. The van der Waals surface area contributed by atoms with Crippen LogP contribution in [0.25, 0.3) is 0 Å². The first-order chi connectivity index (χ1) is 3.85. The van der Waals surface area contributed by atoms with Crippen molar-refractivity contribution in [1.29, 1.82) is 0 Å². The van der Waals surface area contributed by atoms with Crippen molar-refractivity contribution in [3.05, 3.63) is 0 Å². The third-order valence-electron chi connectivity index (χ3n) is 1.40. The molecule has 0 aromatic heterocycles. The van der Waals surface area contributed by atoms with Gasteiger partial charge in [0.25, 0.3) is 0 Å². The van der Waals surface area contributed by atoms with E-state index in [0.717, 1.165) is 6.42 Å². The van der Waals surface area contributed by atoms with Crippen molar-refractivity contribution in [2.24, 2.45) is 0 Å². The van der Waals surface area contributed by atoms with E-state index in [1.807, 2.05) is 0 Å². The summed E-state index contributed by atoms with van der Waals surface area (Å²) >= 11 is 0. The van der Waals surface area contributed by atoms with Crippen LogP contribution in [0.1, 0.15) is 33.1 Å². The smallest absolute Gasteiger partial charge is 0.0568 e. The second-order valence-electron chi connectivity index (χ2n) is 2.05. The van der Waals surface area contributed by atoms with Crippen molar-refractivity contribution >= 4 is 0 Å².